The molecule has 0 aromatic carbocycles. The van der Waals surface area contributed by atoms with Gasteiger partial charge in [0.2, 0.25) is 0 Å². The van der Waals surface area contributed by atoms with Gasteiger partial charge in [-0.1, -0.05) is 6.07 Å². The molecule has 1 saturated heterocycles. The van der Waals surface area contributed by atoms with Crippen LogP contribution < -0.4 is 5.32 Å². The Morgan fingerprint density at radius 1 is 1.55 bits per heavy atom. The molecule has 1 fully saturated rings. The van der Waals surface area contributed by atoms with Crippen molar-refractivity contribution in [2.24, 2.45) is 0 Å². The van der Waals surface area contributed by atoms with Crippen molar-refractivity contribution in [3.05, 3.63) is 30.1 Å². The highest BCUT2D eigenvalue weighted by Gasteiger charge is 2.25. The fourth-order valence-corrected chi connectivity index (χ4v) is 2.32. The number of nitrogens with one attached hydrogen (secondary N) is 1. The zero-order valence-corrected chi connectivity index (χ0v) is 12.4. The standard InChI is InChI=1S/C15H23N3O2/c1-15(2,3)20-14(19)17-13-6-8-18(11-13)10-12-5-4-7-16-9-12/h4-5,7,9,13H,6,8,10-11H2,1-3H3,(H,17,19)/t13-/m1/s1. The lowest BCUT2D eigenvalue weighted by atomic mass is 10.2. The lowest BCUT2D eigenvalue weighted by molar-refractivity contribution is 0.0506. The summed E-state index contributed by atoms with van der Waals surface area (Å²) in [6.07, 6.45) is 4.29. The van der Waals surface area contributed by atoms with Crippen molar-refractivity contribution < 1.29 is 9.53 Å². The number of amides is 1. The van der Waals surface area contributed by atoms with Crippen LogP contribution in [0.2, 0.25) is 0 Å². The van der Waals surface area contributed by atoms with Gasteiger partial charge in [-0.3, -0.25) is 9.88 Å². The molecule has 1 amide bonds. The molecule has 20 heavy (non-hydrogen) atoms. The molecular weight excluding hydrogens is 254 g/mol. The van der Waals surface area contributed by atoms with E-state index in [4.69, 9.17) is 4.74 Å². The molecule has 0 unspecified atom stereocenters. The first-order valence-electron chi connectivity index (χ1n) is 7.03. The highest BCUT2D eigenvalue weighted by molar-refractivity contribution is 5.68. The van der Waals surface area contributed by atoms with Gasteiger partial charge in [-0.25, -0.2) is 4.79 Å². The van der Waals surface area contributed by atoms with Crippen LogP contribution in [0.1, 0.15) is 32.8 Å². The summed E-state index contributed by atoms with van der Waals surface area (Å²) < 4.78 is 5.27. The number of rotatable bonds is 3. The molecule has 110 valence electrons. The lowest BCUT2D eigenvalue weighted by Gasteiger charge is -2.22. The Kier molecular flexibility index (Phi) is 4.60. The molecule has 2 heterocycles. The van der Waals surface area contributed by atoms with E-state index in [1.165, 1.54) is 5.56 Å². The number of aromatic nitrogens is 1. The lowest BCUT2D eigenvalue weighted by Crippen LogP contribution is -2.40. The maximum Gasteiger partial charge on any atom is 0.407 e. The van der Waals surface area contributed by atoms with E-state index in [1.807, 2.05) is 33.0 Å². The van der Waals surface area contributed by atoms with Gasteiger partial charge >= 0.3 is 6.09 Å². The summed E-state index contributed by atoms with van der Waals surface area (Å²) >= 11 is 0. The molecule has 5 nitrogen and oxygen atoms in total. The SMILES string of the molecule is CC(C)(C)OC(=O)N[C@@H]1CCN(Cc2cccnc2)C1. The van der Waals surface area contributed by atoms with Crippen LogP contribution in [0.15, 0.2) is 24.5 Å². The van der Waals surface area contributed by atoms with Crippen LogP contribution in [0.4, 0.5) is 4.79 Å². The number of nitrogens with zero attached hydrogens (tertiary/aromatic N) is 2. The monoisotopic (exact) mass is 277 g/mol. The van der Waals surface area contributed by atoms with Crippen LogP contribution >= 0.6 is 0 Å². The predicted molar refractivity (Wildman–Crippen MR) is 77.3 cm³/mol. The topological polar surface area (TPSA) is 54.5 Å². The first-order valence-corrected chi connectivity index (χ1v) is 7.03. The number of alkyl carbamates (subject to hydrolysis) is 1. The first-order chi connectivity index (χ1) is 9.42. The van der Waals surface area contributed by atoms with Crippen molar-refractivity contribution >= 4 is 6.09 Å². The average molecular weight is 277 g/mol. The van der Waals surface area contributed by atoms with E-state index < -0.39 is 5.60 Å². The molecule has 1 aliphatic heterocycles. The van der Waals surface area contributed by atoms with Gasteiger partial charge in [0.15, 0.2) is 0 Å². The van der Waals surface area contributed by atoms with Crippen molar-refractivity contribution in [3.63, 3.8) is 0 Å². The van der Waals surface area contributed by atoms with Crippen molar-refractivity contribution in [3.8, 4) is 0 Å². The zero-order valence-electron chi connectivity index (χ0n) is 12.4. The highest BCUT2D eigenvalue weighted by Crippen LogP contribution is 2.14. The summed E-state index contributed by atoms with van der Waals surface area (Å²) in [4.78, 5) is 18.2. The molecule has 1 aromatic heterocycles. The minimum absolute atomic E-state index is 0.168. The molecule has 0 saturated carbocycles. The van der Waals surface area contributed by atoms with E-state index in [1.54, 1.807) is 6.20 Å². The van der Waals surface area contributed by atoms with E-state index in [0.29, 0.717) is 0 Å². The summed E-state index contributed by atoms with van der Waals surface area (Å²) in [5, 5.41) is 2.93. The molecule has 1 aliphatic rings. The molecule has 0 spiro atoms. The normalized spacial score (nSPS) is 19.9. The first kappa shape index (κ1) is 14.8. The molecule has 2 rings (SSSR count). The Morgan fingerprint density at radius 3 is 3.00 bits per heavy atom. The van der Waals surface area contributed by atoms with Gasteiger partial charge in [-0.15, -0.1) is 0 Å². The number of carbonyl (C=O) groups is 1. The van der Waals surface area contributed by atoms with E-state index in [0.717, 1.165) is 26.1 Å². The van der Waals surface area contributed by atoms with Gasteiger partial charge in [0.05, 0.1) is 0 Å². The third-order valence-corrected chi connectivity index (χ3v) is 3.12. The number of hydrogen-bond acceptors (Lipinski definition) is 4. The third kappa shape index (κ3) is 4.81. The second kappa shape index (κ2) is 6.22. The maximum absolute atomic E-state index is 11.7. The van der Waals surface area contributed by atoms with Crippen molar-refractivity contribution in [2.45, 2.75) is 45.4 Å². The van der Waals surface area contributed by atoms with Gasteiger partial charge in [-0.2, -0.15) is 0 Å². The van der Waals surface area contributed by atoms with Crippen molar-refractivity contribution in [2.75, 3.05) is 13.1 Å². The largest absolute Gasteiger partial charge is 0.444 e. The summed E-state index contributed by atoms with van der Waals surface area (Å²) in [6, 6.07) is 4.19. The Hall–Kier alpha value is -1.62. The van der Waals surface area contributed by atoms with E-state index in [2.05, 4.69) is 21.3 Å². The molecule has 1 aromatic rings. The molecule has 1 N–H and O–H groups in total. The molecule has 5 heteroatoms. The van der Waals surface area contributed by atoms with E-state index in [9.17, 15) is 4.79 Å². The van der Waals surface area contributed by atoms with Gasteiger partial charge in [0.1, 0.15) is 5.60 Å². The smallest absolute Gasteiger partial charge is 0.407 e. The van der Waals surface area contributed by atoms with Gasteiger partial charge in [-0.05, 0) is 38.8 Å². The molecular formula is C15H23N3O2. The van der Waals surface area contributed by atoms with Crippen LogP contribution in [0.25, 0.3) is 0 Å². The summed E-state index contributed by atoms with van der Waals surface area (Å²) in [6.45, 7) is 8.33. The van der Waals surface area contributed by atoms with Crippen LogP contribution in [-0.4, -0.2) is 40.7 Å². The fourth-order valence-electron chi connectivity index (χ4n) is 2.32. The Labute approximate surface area is 120 Å². The molecule has 0 radical (unpaired) electrons. The Balaban J connectivity index is 1.77. The fraction of sp³-hybridized carbons (Fsp3) is 0.600. The van der Waals surface area contributed by atoms with Crippen LogP contribution in [0, 0.1) is 0 Å². The number of hydrogen-bond donors (Lipinski definition) is 1. The Bertz CT molecular complexity index is 442. The third-order valence-electron chi connectivity index (χ3n) is 3.12. The van der Waals surface area contributed by atoms with Crippen LogP contribution in [-0.2, 0) is 11.3 Å². The second-order valence-electron chi connectivity index (χ2n) is 6.23. The quantitative estimate of drug-likeness (QED) is 0.920. The predicted octanol–water partition coefficient (Wildman–Crippen LogP) is 2.18. The summed E-state index contributed by atoms with van der Waals surface area (Å²) in [5.41, 5.74) is 0.753. The zero-order chi connectivity index (χ0) is 14.6. The van der Waals surface area contributed by atoms with Crippen molar-refractivity contribution in [1.82, 2.24) is 15.2 Å². The number of carbonyl (C=O) groups excluding carboxylic acids is 1. The minimum atomic E-state index is -0.446. The number of pyridine rings is 1. The summed E-state index contributed by atoms with van der Waals surface area (Å²) in [7, 11) is 0. The van der Waals surface area contributed by atoms with Gasteiger partial charge in [0.25, 0.3) is 0 Å². The minimum Gasteiger partial charge on any atom is -0.444 e. The summed E-state index contributed by atoms with van der Waals surface area (Å²) in [5.74, 6) is 0. The molecule has 0 bridgehead atoms. The average Bonchev–Trinajstić information content (AvgIpc) is 2.75. The Morgan fingerprint density at radius 2 is 2.35 bits per heavy atom. The molecule has 0 aliphatic carbocycles. The van der Waals surface area contributed by atoms with Gasteiger partial charge in [0, 0.05) is 38.1 Å². The van der Waals surface area contributed by atoms with Crippen LogP contribution in [0.5, 0.6) is 0 Å². The number of ether oxygens (including phenoxy) is 1. The maximum atomic E-state index is 11.7. The molecule has 1 atom stereocenters. The van der Waals surface area contributed by atoms with E-state index in [-0.39, 0.29) is 12.1 Å². The number of likely N-dealkylation sites (tertiary alicyclic amines) is 1. The van der Waals surface area contributed by atoms with Gasteiger partial charge < -0.3 is 10.1 Å². The van der Waals surface area contributed by atoms with Crippen LogP contribution in [0.3, 0.4) is 0 Å². The highest BCUT2D eigenvalue weighted by atomic mass is 16.6. The van der Waals surface area contributed by atoms with E-state index >= 15 is 0 Å². The van der Waals surface area contributed by atoms with Crippen molar-refractivity contribution in [1.29, 1.82) is 0 Å². The second-order valence-corrected chi connectivity index (χ2v) is 6.23.